The number of carboxylic acids is 2. The number of fused-ring (bicyclic) bond motifs is 7. The Bertz CT molecular complexity index is 1460. The zero-order chi connectivity index (χ0) is 40.4. The highest BCUT2D eigenvalue weighted by atomic mass is 32.2. The first kappa shape index (κ1) is 44.3. The van der Waals surface area contributed by atoms with Gasteiger partial charge < -0.3 is 20.4 Å². The number of hydrogen-bond acceptors (Lipinski definition) is 5. The summed E-state index contributed by atoms with van der Waals surface area (Å²) >= 11 is 0. The third-order valence-electron chi connectivity index (χ3n) is 16.4. The fourth-order valence-electron chi connectivity index (χ4n) is 14.1. The molecular formula is C47H78N2O5S. The summed E-state index contributed by atoms with van der Waals surface area (Å²) < 4.78 is 11.8. The fourth-order valence-corrected chi connectivity index (χ4v) is 15.2. The minimum atomic E-state index is -1.59. The molecule has 1 aliphatic heterocycles. The van der Waals surface area contributed by atoms with Crippen molar-refractivity contribution in [2.75, 3.05) is 37.7 Å². The van der Waals surface area contributed by atoms with Crippen LogP contribution < -0.4 is 5.32 Å². The number of aliphatic carboxylic acids is 2. The molecule has 6 unspecified atom stereocenters. The molecular weight excluding hydrogens is 705 g/mol. The summed E-state index contributed by atoms with van der Waals surface area (Å²) in [6.07, 6.45) is 22.5. The average Bonchev–Trinajstić information content (AvgIpc) is 3.54. The molecule has 0 aromatic heterocycles. The second-order valence-electron chi connectivity index (χ2n) is 19.4. The van der Waals surface area contributed by atoms with Crippen LogP contribution in [0.3, 0.4) is 0 Å². The van der Waals surface area contributed by atoms with Crippen LogP contribution in [0.25, 0.3) is 0 Å². The lowest BCUT2D eigenvalue weighted by atomic mass is 9.39. The van der Waals surface area contributed by atoms with Crippen molar-refractivity contribution in [2.24, 2.45) is 57.2 Å². The largest absolute Gasteiger partial charge is 0.480 e. The molecule has 7 nitrogen and oxygen atoms in total. The number of allylic oxidation sites excluding steroid dienone is 5. The SMILES string of the molecule is C=CC.CC.CC1C(C2=CC3(C2)CC(C(=O)O)(C(=O)O)C3)=CCC2(C)C1CCC1[C@@H]2CCC2[C@H]3CCCC3(NCCN3CCS(=O)CC3)CC[C@]21C.CCC. The molecule has 1 saturated heterocycles. The van der Waals surface area contributed by atoms with E-state index in [9.17, 15) is 24.0 Å². The quantitative estimate of drug-likeness (QED) is 0.174. The van der Waals surface area contributed by atoms with Crippen molar-refractivity contribution in [3.8, 4) is 0 Å². The smallest absolute Gasteiger partial charge is 0.321 e. The molecule has 9 atom stereocenters. The van der Waals surface area contributed by atoms with Gasteiger partial charge in [-0.2, -0.15) is 0 Å². The lowest BCUT2D eigenvalue weighted by molar-refractivity contribution is -0.181. The van der Waals surface area contributed by atoms with Crippen LogP contribution in [-0.2, 0) is 20.4 Å². The maximum absolute atomic E-state index is 11.8. The molecule has 5 saturated carbocycles. The molecule has 6 fully saturated rings. The standard InChI is InChI=1S/C39H58N2O5S.C3H8.C3H6.C2H6/c1-25-27(26-21-37(22-26)23-38(24-37,33(42)43)34(44)45)10-12-35(2)28(25)6-7-30-29(35)8-9-31-32-5-4-11-39(32,14-13-36(30,31)3)40-15-16-41-17-19-47(46)20-18-41;2*1-3-2;1-2/h10,21,25,28-32,40H,4-9,11-20,22-24H2,1-3H3,(H,42,43)(H,44,45);3H2,1-2H3;3H,1H2,2H3;1-2H3/t25?,28?,29-,30?,31?,32+,35?,36-,39?;;;/m0.../s1. The first-order chi connectivity index (χ1) is 26.2. The van der Waals surface area contributed by atoms with Crippen LogP contribution in [0.2, 0.25) is 0 Å². The van der Waals surface area contributed by atoms with Gasteiger partial charge in [0.1, 0.15) is 0 Å². The van der Waals surface area contributed by atoms with Gasteiger partial charge in [-0.25, -0.2) is 0 Å². The molecule has 0 bridgehead atoms. The van der Waals surface area contributed by atoms with Gasteiger partial charge in [-0.05, 0) is 147 Å². The van der Waals surface area contributed by atoms with E-state index in [1.807, 2.05) is 20.8 Å². The average molecular weight is 783 g/mol. The molecule has 1 heterocycles. The molecule has 0 amide bonds. The summed E-state index contributed by atoms with van der Waals surface area (Å²) in [5.41, 5.74) is 2.14. The summed E-state index contributed by atoms with van der Waals surface area (Å²) in [5.74, 6) is 3.76. The van der Waals surface area contributed by atoms with Gasteiger partial charge in [0.15, 0.2) is 5.41 Å². The van der Waals surface area contributed by atoms with E-state index in [0.717, 1.165) is 74.2 Å². The van der Waals surface area contributed by atoms with Crippen LogP contribution >= 0.6 is 0 Å². The van der Waals surface area contributed by atoms with E-state index in [4.69, 9.17) is 0 Å². The Morgan fingerprint density at radius 2 is 1.44 bits per heavy atom. The lowest BCUT2D eigenvalue weighted by Gasteiger charge is -2.67. The summed E-state index contributed by atoms with van der Waals surface area (Å²) in [6.45, 7) is 25.4. The molecule has 0 radical (unpaired) electrons. The van der Waals surface area contributed by atoms with Crippen LogP contribution in [-0.4, -0.2) is 74.5 Å². The summed E-state index contributed by atoms with van der Waals surface area (Å²) in [7, 11) is -0.606. The van der Waals surface area contributed by atoms with Crippen LogP contribution in [0.1, 0.15) is 145 Å². The predicted molar refractivity (Wildman–Crippen MR) is 227 cm³/mol. The lowest BCUT2D eigenvalue weighted by Crippen LogP contribution is -2.63. The van der Waals surface area contributed by atoms with Gasteiger partial charge in [0, 0.05) is 54.0 Å². The zero-order valence-corrected chi connectivity index (χ0v) is 36.8. The number of carboxylic acid groups (broad SMARTS) is 2. The number of hydrogen-bond donors (Lipinski definition) is 3. The maximum atomic E-state index is 11.8. The summed E-state index contributed by atoms with van der Waals surface area (Å²) in [4.78, 5) is 26.1. The highest BCUT2D eigenvalue weighted by Crippen LogP contribution is 2.71. The van der Waals surface area contributed by atoms with Gasteiger partial charge in [0.25, 0.3) is 0 Å². The fraction of sp³-hybridized carbons (Fsp3) is 0.830. The van der Waals surface area contributed by atoms with Gasteiger partial charge in [-0.15, -0.1) is 6.58 Å². The van der Waals surface area contributed by atoms with Crippen molar-refractivity contribution in [3.05, 3.63) is 36.0 Å². The molecule has 8 rings (SSSR count). The van der Waals surface area contributed by atoms with E-state index in [-0.39, 0.29) is 18.3 Å². The van der Waals surface area contributed by atoms with Crippen molar-refractivity contribution < 1.29 is 24.0 Å². The molecule has 0 aromatic rings. The number of carbonyl (C=O) groups is 2. The Kier molecular flexibility index (Phi) is 14.2. The molecule has 55 heavy (non-hydrogen) atoms. The maximum Gasteiger partial charge on any atom is 0.321 e. The Morgan fingerprint density at radius 1 is 0.909 bits per heavy atom. The summed E-state index contributed by atoms with van der Waals surface area (Å²) in [6, 6.07) is 0. The van der Waals surface area contributed by atoms with Crippen molar-refractivity contribution in [1.29, 1.82) is 0 Å². The van der Waals surface area contributed by atoms with Crippen LogP contribution in [0, 0.1) is 57.2 Å². The van der Waals surface area contributed by atoms with Crippen LogP contribution in [0.15, 0.2) is 36.0 Å². The van der Waals surface area contributed by atoms with Gasteiger partial charge in [0.2, 0.25) is 0 Å². The van der Waals surface area contributed by atoms with Crippen molar-refractivity contribution in [1.82, 2.24) is 10.2 Å². The van der Waals surface area contributed by atoms with E-state index in [1.54, 1.807) is 6.08 Å². The van der Waals surface area contributed by atoms with Crippen LogP contribution in [0.4, 0.5) is 0 Å². The van der Waals surface area contributed by atoms with Crippen molar-refractivity contribution >= 4 is 22.7 Å². The normalized spacial score (nSPS) is 39.3. The predicted octanol–water partition coefficient (Wildman–Crippen LogP) is 9.90. The molecule has 8 aliphatic rings. The van der Waals surface area contributed by atoms with E-state index >= 15 is 0 Å². The second-order valence-corrected chi connectivity index (χ2v) is 21.1. The third kappa shape index (κ3) is 7.89. The first-order valence-corrected chi connectivity index (χ1v) is 24.0. The van der Waals surface area contributed by atoms with Gasteiger partial charge in [-0.3, -0.25) is 13.8 Å². The molecule has 7 aliphatic carbocycles. The Morgan fingerprint density at radius 3 is 2.00 bits per heavy atom. The van der Waals surface area contributed by atoms with E-state index in [0.29, 0.717) is 28.2 Å². The van der Waals surface area contributed by atoms with Gasteiger partial charge in [-0.1, -0.05) is 79.5 Å². The highest BCUT2D eigenvalue weighted by Gasteiger charge is 2.67. The van der Waals surface area contributed by atoms with Gasteiger partial charge in [0.05, 0.1) is 0 Å². The summed E-state index contributed by atoms with van der Waals surface area (Å²) in [5, 5.41) is 23.5. The number of nitrogens with one attached hydrogen (secondary N) is 1. The Balaban J connectivity index is 0.000000673. The van der Waals surface area contributed by atoms with Crippen molar-refractivity contribution in [2.45, 2.75) is 151 Å². The van der Waals surface area contributed by atoms with E-state index < -0.39 is 28.2 Å². The first-order valence-electron chi connectivity index (χ1n) is 22.5. The Labute approximate surface area is 337 Å². The van der Waals surface area contributed by atoms with E-state index in [2.05, 4.69) is 63.6 Å². The third-order valence-corrected chi connectivity index (χ3v) is 17.7. The van der Waals surface area contributed by atoms with Crippen molar-refractivity contribution in [3.63, 3.8) is 0 Å². The highest BCUT2D eigenvalue weighted by molar-refractivity contribution is 7.85. The van der Waals surface area contributed by atoms with Crippen LogP contribution in [0.5, 0.6) is 0 Å². The molecule has 8 heteroatoms. The number of nitrogens with zero attached hydrogens (tertiary/aromatic N) is 1. The topological polar surface area (TPSA) is 107 Å². The number of rotatable bonds is 7. The monoisotopic (exact) mass is 783 g/mol. The van der Waals surface area contributed by atoms with Gasteiger partial charge >= 0.3 is 11.9 Å². The second kappa shape index (κ2) is 17.6. The minimum Gasteiger partial charge on any atom is -0.480 e. The Hall–Kier alpha value is -1.77. The van der Waals surface area contributed by atoms with E-state index in [1.165, 1.54) is 75.4 Å². The molecule has 0 aromatic carbocycles. The zero-order valence-electron chi connectivity index (χ0n) is 36.0. The minimum absolute atomic E-state index is 0.224. The molecule has 3 N–H and O–H groups in total. The molecule has 312 valence electrons. The molecule has 1 spiro atoms.